The first kappa shape index (κ1) is 32.2. The van der Waals surface area contributed by atoms with Crippen LogP contribution in [0.3, 0.4) is 0 Å². The zero-order chi connectivity index (χ0) is 32.4. The quantitative estimate of drug-likeness (QED) is 0.307. The van der Waals surface area contributed by atoms with Crippen molar-refractivity contribution >= 4 is 6.09 Å². The molecule has 10 fully saturated rings. The Bertz CT molecular complexity index is 1200. The van der Waals surface area contributed by atoms with E-state index in [9.17, 15) is 4.79 Å². The lowest BCUT2D eigenvalue weighted by atomic mass is 9.55. The van der Waals surface area contributed by atoms with E-state index in [1.807, 2.05) is 0 Å². The van der Waals surface area contributed by atoms with Gasteiger partial charge in [0.1, 0.15) is 28.5 Å². The van der Waals surface area contributed by atoms with Crippen LogP contribution < -0.4 is 0 Å². The van der Waals surface area contributed by atoms with E-state index < -0.39 is 17.3 Å². The van der Waals surface area contributed by atoms with E-state index in [4.69, 9.17) is 33.8 Å². The topological polar surface area (TPSA) is 84.9 Å². The van der Waals surface area contributed by atoms with Crippen molar-refractivity contribution in [1.29, 1.82) is 0 Å². The summed E-state index contributed by atoms with van der Waals surface area (Å²) in [5, 5.41) is 0. The van der Waals surface area contributed by atoms with E-state index in [1.165, 1.54) is 17.7 Å². The lowest BCUT2D eigenvalue weighted by Crippen LogP contribution is -2.71. The molecule has 0 aromatic rings. The summed E-state index contributed by atoms with van der Waals surface area (Å²) in [7, 11) is 3.52. The summed E-state index contributed by atoms with van der Waals surface area (Å²) >= 11 is 0. The molecule has 0 aromatic carbocycles. The number of carbonyl (C=O) groups excluding carboxylic acids is 1. The number of hydrogen-bond donors (Lipinski definition) is 0. The van der Waals surface area contributed by atoms with Crippen molar-refractivity contribution in [1.82, 2.24) is 4.90 Å². The van der Waals surface area contributed by atoms with Crippen LogP contribution in [0.5, 0.6) is 0 Å². The van der Waals surface area contributed by atoms with Gasteiger partial charge in [0.25, 0.3) is 0 Å². The Hall–Kier alpha value is -0.970. The second kappa shape index (κ2) is 11.0. The molecule has 10 aliphatic rings. The van der Waals surface area contributed by atoms with Crippen LogP contribution in [0, 0.1) is 47.3 Å². The van der Waals surface area contributed by atoms with Crippen LogP contribution in [0.15, 0.2) is 0 Å². The van der Waals surface area contributed by atoms with Crippen LogP contribution in [0.2, 0.25) is 0 Å². The van der Waals surface area contributed by atoms with Gasteiger partial charge in [-0.15, -0.1) is 0 Å². The first-order chi connectivity index (χ1) is 21.8. The van der Waals surface area contributed by atoms with Gasteiger partial charge in [0.05, 0.1) is 24.4 Å². The first-order valence-electron chi connectivity index (χ1n) is 18.7. The van der Waals surface area contributed by atoms with Crippen molar-refractivity contribution in [2.24, 2.45) is 47.3 Å². The van der Waals surface area contributed by atoms with Gasteiger partial charge in [0, 0.05) is 33.4 Å². The molecule has 4 saturated carbocycles. The number of carbonyl (C=O) groups is 1. The smallest absolute Gasteiger partial charge is 0.409 e. The molecule has 260 valence electrons. The molecular formula is C37H59NO8. The zero-order valence-electron chi connectivity index (χ0n) is 29.5. The van der Waals surface area contributed by atoms with Crippen molar-refractivity contribution in [3.8, 4) is 0 Å². The van der Waals surface area contributed by atoms with Crippen LogP contribution in [-0.4, -0.2) is 78.0 Å². The summed E-state index contributed by atoms with van der Waals surface area (Å²) in [5.41, 5.74) is -1.54. The lowest BCUT2D eigenvalue weighted by molar-refractivity contribution is -0.491. The molecule has 6 heterocycles. The number of ether oxygens (including phenoxy) is 3. The first-order valence-corrected chi connectivity index (χ1v) is 18.7. The lowest BCUT2D eigenvalue weighted by Gasteiger charge is -2.62. The number of amides is 1. The second-order valence-corrected chi connectivity index (χ2v) is 18.0. The third-order valence-electron chi connectivity index (χ3n) is 15.0. The van der Waals surface area contributed by atoms with Gasteiger partial charge >= 0.3 is 6.09 Å². The fourth-order valence-corrected chi connectivity index (χ4v) is 12.4. The van der Waals surface area contributed by atoms with Crippen molar-refractivity contribution < 1.29 is 38.6 Å². The molecular weight excluding hydrogens is 586 g/mol. The molecule has 46 heavy (non-hydrogen) atoms. The zero-order valence-corrected chi connectivity index (χ0v) is 29.5. The van der Waals surface area contributed by atoms with Gasteiger partial charge in [-0.3, -0.25) is 0 Å². The van der Waals surface area contributed by atoms with E-state index in [0.29, 0.717) is 36.0 Å². The van der Waals surface area contributed by atoms with E-state index in [-0.39, 0.29) is 59.5 Å². The number of fused-ring (bicyclic) bond motifs is 4. The predicted octanol–water partition coefficient (Wildman–Crippen LogP) is 6.86. The molecule has 17 atom stereocenters. The highest BCUT2D eigenvalue weighted by Gasteiger charge is 2.70. The normalized spacial score (nSPS) is 56.2. The van der Waals surface area contributed by atoms with Crippen molar-refractivity contribution in [3.63, 3.8) is 0 Å². The summed E-state index contributed by atoms with van der Waals surface area (Å²) in [6.07, 6.45) is 9.82. The van der Waals surface area contributed by atoms with Crippen molar-refractivity contribution in [3.05, 3.63) is 0 Å². The monoisotopic (exact) mass is 645 g/mol. The molecule has 1 amide bonds. The largest absolute Gasteiger partial charge is 0.443 e. The van der Waals surface area contributed by atoms with Gasteiger partial charge < -0.3 is 19.1 Å². The summed E-state index contributed by atoms with van der Waals surface area (Å²) in [5.74, 6) is 2.95. The fourth-order valence-electron chi connectivity index (χ4n) is 12.4. The molecule has 10 rings (SSSR count). The van der Waals surface area contributed by atoms with E-state index >= 15 is 0 Å². The number of rotatable bonds is 4. The Kier molecular flexibility index (Phi) is 7.72. The average molecular weight is 646 g/mol. The minimum absolute atomic E-state index is 0.0328. The molecule has 6 saturated heterocycles. The van der Waals surface area contributed by atoms with Gasteiger partial charge in [0.15, 0.2) is 0 Å². The van der Waals surface area contributed by atoms with E-state index in [1.54, 1.807) is 14.1 Å². The molecule has 1 unspecified atom stereocenters. The minimum atomic E-state index is -0.444. The summed E-state index contributed by atoms with van der Waals surface area (Å²) in [4.78, 5) is 40.5. The fraction of sp³-hybridized carbons (Fsp3) is 0.973. The van der Waals surface area contributed by atoms with Gasteiger partial charge in [0.2, 0.25) is 0 Å². The maximum atomic E-state index is 13.4. The molecule has 6 aliphatic heterocycles. The Morgan fingerprint density at radius 3 is 1.78 bits per heavy atom. The molecule has 4 aliphatic carbocycles. The Balaban J connectivity index is 1.12. The molecule has 4 bridgehead atoms. The highest BCUT2D eigenvalue weighted by molar-refractivity contribution is 5.67. The minimum Gasteiger partial charge on any atom is -0.443 e. The van der Waals surface area contributed by atoms with Crippen LogP contribution in [-0.2, 0) is 33.8 Å². The molecule has 9 heteroatoms. The van der Waals surface area contributed by atoms with E-state index in [0.717, 1.165) is 51.4 Å². The number of hydrogen-bond acceptors (Lipinski definition) is 8. The summed E-state index contributed by atoms with van der Waals surface area (Å²) in [6, 6.07) is 0. The van der Waals surface area contributed by atoms with Gasteiger partial charge in [-0.2, -0.15) is 0 Å². The third-order valence-corrected chi connectivity index (χ3v) is 15.0. The maximum absolute atomic E-state index is 13.4. The SMILES string of the molecule is C[C@H]1[C@@H](C[C@H](OC(=O)N(C)C)C2O[C@@H]3C[C@]4(C)CC[C@H]5[C@H](C)CC[C@@H]([C@H]2C)[C@@]35OO4)O[C@@H]2C[C@]3(C)CC[C@H]4[C@H](C)CC[C@@H]1[C@@]24OO3. The van der Waals surface area contributed by atoms with Gasteiger partial charge in [-0.1, -0.05) is 27.7 Å². The highest BCUT2D eigenvalue weighted by atomic mass is 17.2. The van der Waals surface area contributed by atoms with Gasteiger partial charge in [-0.05, 0) is 113 Å². The summed E-state index contributed by atoms with van der Waals surface area (Å²) < 4.78 is 21.0. The molecule has 0 N–H and O–H groups in total. The summed E-state index contributed by atoms with van der Waals surface area (Å²) in [6.45, 7) is 13.8. The molecule has 2 spiro atoms. The molecule has 9 nitrogen and oxygen atoms in total. The Morgan fingerprint density at radius 1 is 0.717 bits per heavy atom. The Labute approximate surface area is 275 Å². The van der Waals surface area contributed by atoms with Crippen molar-refractivity contribution in [2.45, 2.75) is 165 Å². The standard InChI is InChI=1S/C37H59NO8/c1-20-9-11-26-22(3)28(40-30-18-34(5)15-13-24(20)36(26,30)45-43-34)17-29(41-33(39)38(7)8)32-23(4)27-12-10-21(2)25-14-16-35(6)19-31(42-32)37(25,27)46-44-35/h20-32H,9-19H2,1-8H3/t20-,21-,22-,23-,24+,25+,26+,27+,28-,29+,30-,31-,32?,34+,35+,36-,37-/m1/s1. The van der Waals surface area contributed by atoms with Crippen molar-refractivity contribution in [2.75, 3.05) is 14.1 Å². The second-order valence-electron chi connectivity index (χ2n) is 18.0. The molecule has 0 radical (unpaired) electrons. The van der Waals surface area contributed by atoms with Crippen LogP contribution in [0.25, 0.3) is 0 Å². The van der Waals surface area contributed by atoms with Crippen LogP contribution in [0.4, 0.5) is 4.79 Å². The predicted molar refractivity (Wildman–Crippen MR) is 169 cm³/mol. The molecule has 0 aromatic heterocycles. The highest BCUT2D eigenvalue weighted by Crippen LogP contribution is 2.64. The third kappa shape index (κ3) is 4.57. The number of nitrogens with zero attached hydrogens (tertiary/aromatic N) is 1. The maximum Gasteiger partial charge on any atom is 0.409 e. The Morgan fingerprint density at radius 2 is 1.24 bits per heavy atom. The van der Waals surface area contributed by atoms with Crippen LogP contribution in [0.1, 0.15) is 112 Å². The van der Waals surface area contributed by atoms with Crippen LogP contribution >= 0.6 is 0 Å². The van der Waals surface area contributed by atoms with E-state index in [2.05, 4.69) is 41.5 Å². The van der Waals surface area contributed by atoms with Gasteiger partial charge in [-0.25, -0.2) is 24.3 Å². The average Bonchev–Trinajstić information content (AvgIpc) is 3.38.